The van der Waals surface area contributed by atoms with E-state index in [0.717, 1.165) is 29.1 Å². The van der Waals surface area contributed by atoms with Crippen LogP contribution in [0.3, 0.4) is 0 Å². The average Bonchev–Trinajstić information content (AvgIpc) is 3.17. The van der Waals surface area contributed by atoms with Crippen molar-refractivity contribution in [3.63, 3.8) is 0 Å². The first kappa shape index (κ1) is 15.1. The van der Waals surface area contributed by atoms with Crippen molar-refractivity contribution >= 4 is 11.5 Å². The van der Waals surface area contributed by atoms with E-state index >= 15 is 0 Å². The second-order valence-electron chi connectivity index (χ2n) is 6.13. The Labute approximate surface area is 139 Å². The molecule has 1 aliphatic heterocycles. The lowest BCUT2D eigenvalue weighted by Crippen LogP contribution is -2.28. The number of hydrogen-bond donors (Lipinski definition) is 1. The SMILES string of the molecule is CCc1cn2nc(N3CC[C@H](O)C3c3cccc(F)c3)ccc2n1. The number of benzene rings is 1. The fourth-order valence-corrected chi connectivity index (χ4v) is 3.37. The van der Waals surface area contributed by atoms with Crippen LogP contribution in [0.25, 0.3) is 5.65 Å². The molecule has 1 N–H and O–H groups in total. The average molecular weight is 326 g/mol. The fourth-order valence-electron chi connectivity index (χ4n) is 3.37. The van der Waals surface area contributed by atoms with Gasteiger partial charge in [0.2, 0.25) is 0 Å². The molecule has 0 spiro atoms. The van der Waals surface area contributed by atoms with Crippen LogP contribution in [0.15, 0.2) is 42.6 Å². The molecule has 24 heavy (non-hydrogen) atoms. The standard InChI is InChI=1S/C18H19FN4O/c1-2-14-11-23-16(20-14)6-7-17(21-23)22-9-8-15(24)18(22)12-4-3-5-13(19)10-12/h3-7,10-11,15,18,24H,2,8-9H2,1H3/t15-,18?/m0/s1. The van der Waals surface area contributed by atoms with Gasteiger partial charge in [-0.3, -0.25) is 0 Å². The predicted molar refractivity (Wildman–Crippen MR) is 89.5 cm³/mol. The first-order valence-electron chi connectivity index (χ1n) is 8.21. The normalized spacial score (nSPS) is 20.9. The molecule has 1 fully saturated rings. The summed E-state index contributed by atoms with van der Waals surface area (Å²) in [6, 6.07) is 9.96. The van der Waals surface area contributed by atoms with Crippen LogP contribution in [-0.4, -0.2) is 32.4 Å². The molecule has 3 heterocycles. The second-order valence-corrected chi connectivity index (χ2v) is 6.13. The number of anilines is 1. The first-order chi connectivity index (χ1) is 11.7. The Bertz CT molecular complexity index is 878. The highest BCUT2D eigenvalue weighted by atomic mass is 19.1. The summed E-state index contributed by atoms with van der Waals surface area (Å²) in [6.07, 6.45) is 2.86. The Morgan fingerprint density at radius 1 is 1.29 bits per heavy atom. The highest BCUT2D eigenvalue weighted by Crippen LogP contribution is 2.35. The molecule has 0 amide bonds. The van der Waals surface area contributed by atoms with E-state index in [1.807, 2.05) is 29.3 Å². The number of rotatable bonds is 3. The number of fused-ring (bicyclic) bond motifs is 1. The van der Waals surface area contributed by atoms with E-state index in [-0.39, 0.29) is 11.9 Å². The maximum Gasteiger partial charge on any atom is 0.153 e. The zero-order chi connectivity index (χ0) is 16.7. The number of nitrogens with zero attached hydrogens (tertiary/aromatic N) is 4. The van der Waals surface area contributed by atoms with Crippen molar-refractivity contribution in [2.24, 2.45) is 0 Å². The molecular weight excluding hydrogens is 307 g/mol. The van der Waals surface area contributed by atoms with Gasteiger partial charge in [-0.2, -0.15) is 0 Å². The third kappa shape index (κ3) is 2.53. The smallest absolute Gasteiger partial charge is 0.153 e. The van der Waals surface area contributed by atoms with E-state index in [4.69, 9.17) is 0 Å². The van der Waals surface area contributed by atoms with Crippen molar-refractivity contribution in [1.29, 1.82) is 0 Å². The van der Waals surface area contributed by atoms with E-state index in [1.165, 1.54) is 12.1 Å². The van der Waals surface area contributed by atoms with Crippen molar-refractivity contribution in [3.8, 4) is 0 Å². The molecule has 6 heteroatoms. The second kappa shape index (κ2) is 5.87. The van der Waals surface area contributed by atoms with Crippen molar-refractivity contribution in [2.45, 2.75) is 31.9 Å². The Morgan fingerprint density at radius 3 is 2.96 bits per heavy atom. The Balaban J connectivity index is 1.73. The molecule has 1 unspecified atom stereocenters. The molecule has 0 radical (unpaired) electrons. The molecule has 5 nitrogen and oxygen atoms in total. The lowest BCUT2D eigenvalue weighted by Gasteiger charge is -2.27. The van der Waals surface area contributed by atoms with Gasteiger partial charge in [0.25, 0.3) is 0 Å². The summed E-state index contributed by atoms with van der Waals surface area (Å²) in [6.45, 7) is 2.73. The van der Waals surface area contributed by atoms with E-state index < -0.39 is 6.10 Å². The summed E-state index contributed by atoms with van der Waals surface area (Å²) in [5.74, 6) is 0.463. The highest BCUT2D eigenvalue weighted by Gasteiger charge is 2.35. The topological polar surface area (TPSA) is 53.7 Å². The van der Waals surface area contributed by atoms with Crippen LogP contribution in [0.2, 0.25) is 0 Å². The molecule has 1 saturated heterocycles. The number of imidazole rings is 1. The summed E-state index contributed by atoms with van der Waals surface area (Å²) in [7, 11) is 0. The fraction of sp³-hybridized carbons (Fsp3) is 0.333. The van der Waals surface area contributed by atoms with Gasteiger partial charge in [-0.05, 0) is 42.7 Å². The summed E-state index contributed by atoms with van der Waals surface area (Å²) in [5.41, 5.74) is 2.56. The minimum absolute atomic E-state index is 0.292. The molecule has 3 aromatic rings. The quantitative estimate of drug-likeness (QED) is 0.804. The zero-order valence-electron chi connectivity index (χ0n) is 13.4. The van der Waals surface area contributed by atoms with E-state index in [2.05, 4.69) is 17.0 Å². The lowest BCUT2D eigenvalue weighted by atomic mass is 10.0. The number of aryl methyl sites for hydroxylation is 1. The summed E-state index contributed by atoms with van der Waals surface area (Å²) in [4.78, 5) is 6.52. The van der Waals surface area contributed by atoms with Crippen LogP contribution in [-0.2, 0) is 6.42 Å². The molecule has 124 valence electrons. The van der Waals surface area contributed by atoms with Gasteiger partial charge in [0.05, 0.1) is 24.0 Å². The molecule has 1 aliphatic rings. The summed E-state index contributed by atoms with van der Waals surface area (Å²) in [5, 5.41) is 15.0. The molecule has 0 saturated carbocycles. The van der Waals surface area contributed by atoms with Gasteiger partial charge in [-0.25, -0.2) is 13.9 Å². The number of aliphatic hydroxyl groups excluding tert-OH is 1. The number of aliphatic hydroxyl groups is 1. The van der Waals surface area contributed by atoms with Crippen molar-refractivity contribution < 1.29 is 9.50 Å². The first-order valence-corrected chi connectivity index (χ1v) is 8.21. The molecule has 2 atom stereocenters. The van der Waals surface area contributed by atoms with E-state index in [1.54, 1.807) is 10.6 Å². The summed E-state index contributed by atoms with van der Waals surface area (Å²) >= 11 is 0. The minimum Gasteiger partial charge on any atom is -0.391 e. The Morgan fingerprint density at radius 2 is 2.17 bits per heavy atom. The number of halogens is 1. The predicted octanol–water partition coefficient (Wildman–Crippen LogP) is 2.74. The third-order valence-electron chi connectivity index (χ3n) is 4.57. The van der Waals surface area contributed by atoms with Crippen LogP contribution in [0.1, 0.15) is 30.6 Å². The van der Waals surface area contributed by atoms with Gasteiger partial charge in [0.1, 0.15) is 11.6 Å². The van der Waals surface area contributed by atoms with Crippen molar-refractivity contribution in [3.05, 3.63) is 59.7 Å². The molecule has 0 aliphatic carbocycles. The maximum atomic E-state index is 13.6. The van der Waals surface area contributed by atoms with Crippen molar-refractivity contribution in [1.82, 2.24) is 14.6 Å². The maximum absolute atomic E-state index is 13.6. The third-order valence-corrected chi connectivity index (χ3v) is 4.57. The van der Waals surface area contributed by atoms with Gasteiger partial charge in [-0.1, -0.05) is 19.1 Å². The monoisotopic (exact) mass is 326 g/mol. The zero-order valence-corrected chi connectivity index (χ0v) is 13.4. The highest BCUT2D eigenvalue weighted by molar-refractivity contribution is 5.49. The Hall–Kier alpha value is -2.47. The van der Waals surface area contributed by atoms with Crippen LogP contribution in [0.4, 0.5) is 10.2 Å². The van der Waals surface area contributed by atoms with Crippen LogP contribution in [0, 0.1) is 5.82 Å². The van der Waals surface area contributed by atoms with Gasteiger partial charge < -0.3 is 10.0 Å². The molecule has 0 bridgehead atoms. The Kier molecular flexibility index (Phi) is 3.69. The largest absolute Gasteiger partial charge is 0.391 e. The van der Waals surface area contributed by atoms with Crippen molar-refractivity contribution in [2.75, 3.05) is 11.4 Å². The van der Waals surface area contributed by atoms with E-state index in [0.29, 0.717) is 13.0 Å². The number of aromatic nitrogens is 3. The molecule has 1 aromatic carbocycles. The van der Waals surface area contributed by atoms with Crippen LogP contribution in [0.5, 0.6) is 0 Å². The molecular formula is C18H19FN4O. The van der Waals surface area contributed by atoms with Gasteiger partial charge in [0, 0.05) is 6.54 Å². The molecule has 2 aromatic heterocycles. The molecule has 4 rings (SSSR count). The van der Waals surface area contributed by atoms with Gasteiger partial charge >= 0.3 is 0 Å². The number of hydrogen-bond acceptors (Lipinski definition) is 4. The minimum atomic E-state index is -0.543. The van der Waals surface area contributed by atoms with Crippen LogP contribution >= 0.6 is 0 Å². The van der Waals surface area contributed by atoms with Gasteiger partial charge in [0.15, 0.2) is 5.65 Å². The van der Waals surface area contributed by atoms with E-state index in [9.17, 15) is 9.50 Å². The lowest BCUT2D eigenvalue weighted by molar-refractivity contribution is 0.164. The van der Waals surface area contributed by atoms with Gasteiger partial charge in [-0.15, -0.1) is 5.10 Å². The summed E-state index contributed by atoms with van der Waals surface area (Å²) < 4.78 is 15.4. The van der Waals surface area contributed by atoms with Crippen LogP contribution < -0.4 is 4.90 Å².